The van der Waals surface area contributed by atoms with Crippen molar-refractivity contribution in [2.24, 2.45) is 11.7 Å². The number of aliphatic hydroxyl groups is 1. The highest BCUT2D eigenvalue weighted by molar-refractivity contribution is 5.76. The second kappa shape index (κ2) is 5.97. The van der Waals surface area contributed by atoms with Crippen LogP contribution in [0.4, 0.5) is 0 Å². The Labute approximate surface area is 73.1 Å². The van der Waals surface area contributed by atoms with Gasteiger partial charge >= 0.3 is 0 Å². The first-order valence-electron chi connectivity index (χ1n) is 4.21. The molecule has 72 valence electrons. The smallest absolute Gasteiger partial charge is 0.220 e. The molecule has 0 spiro atoms. The summed E-state index contributed by atoms with van der Waals surface area (Å²) in [6.07, 6.45) is -0.0504. The summed E-state index contributed by atoms with van der Waals surface area (Å²) in [5, 5.41) is 11.5. The molecule has 0 radical (unpaired) electrons. The third-order valence-corrected chi connectivity index (χ3v) is 1.53. The Morgan fingerprint density at radius 1 is 1.58 bits per heavy atom. The van der Waals surface area contributed by atoms with Crippen LogP contribution in [0, 0.1) is 5.92 Å². The number of aliphatic hydroxyl groups excluding tert-OH is 1. The van der Waals surface area contributed by atoms with Crippen LogP contribution in [0.15, 0.2) is 0 Å². The van der Waals surface area contributed by atoms with E-state index in [9.17, 15) is 4.79 Å². The lowest BCUT2D eigenvalue weighted by Gasteiger charge is -2.09. The van der Waals surface area contributed by atoms with Crippen molar-refractivity contribution < 1.29 is 9.90 Å². The first-order valence-corrected chi connectivity index (χ1v) is 4.21. The van der Waals surface area contributed by atoms with Crippen molar-refractivity contribution in [3.8, 4) is 0 Å². The van der Waals surface area contributed by atoms with Gasteiger partial charge in [-0.1, -0.05) is 6.92 Å². The summed E-state index contributed by atoms with van der Waals surface area (Å²) in [7, 11) is 0. The van der Waals surface area contributed by atoms with Crippen molar-refractivity contribution in [2.45, 2.75) is 26.4 Å². The summed E-state index contributed by atoms with van der Waals surface area (Å²) in [6, 6.07) is 0. The Morgan fingerprint density at radius 2 is 2.17 bits per heavy atom. The van der Waals surface area contributed by atoms with E-state index >= 15 is 0 Å². The monoisotopic (exact) mass is 174 g/mol. The quantitative estimate of drug-likeness (QED) is 0.524. The maximum Gasteiger partial charge on any atom is 0.220 e. The first-order chi connectivity index (χ1) is 5.56. The van der Waals surface area contributed by atoms with E-state index < -0.39 is 6.10 Å². The number of nitrogens with two attached hydrogens (primary N) is 1. The largest absolute Gasteiger partial charge is 0.392 e. The summed E-state index contributed by atoms with van der Waals surface area (Å²) in [6.45, 7) is 4.38. The van der Waals surface area contributed by atoms with Crippen LogP contribution in [-0.4, -0.2) is 30.2 Å². The van der Waals surface area contributed by atoms with Gasteiger partial charge in [0.05, 0.1) is 6.10 Å². The van der Waals surface area contributed by atoms with E-state index in [1.807, 2.05) is 6.92 Å². The van der Waals surface area contributed by atoms with Crippen LogP contribution < -0.4 is 11.1 Å². The lowest BCUT2D eigenvalue weighted by molar-refractivity contribution is -0.122. The molecule has 1 amide bonds. The molecule has 0 aliphatic heterocycles. The zero-order valence-corrected chi connectivity index (χ0v) is 7.71. The molecule has 0 aromatic heterocycles. The van der Waals surface area contributed by atoms with Crippen LogP contribution in [-0.2, 0) is 4.79 Å². The lowest BCUT2D eigenvalue weighted by Crippen LogP contribution is -2.32. The van der Waals surface area contributed by atoms with Gasteiger partial charge in [-0.3, -0.25) is 4.79 Å². The number of amides is 1. The topological polar surface area (TPSA) is 75.3 Å². The molecule has 2 unspecified atom stereocenters. The van der Waals surface area contributed by atoms with Crippen LogP contribution >= 0.6 is 0 Å². The van der Waals surface area contributed by atoms with Gasteiger partial charge in [0.25, 0.3) is 0 Å². The van der Waals surface area contributed by atoms with Gasteiger partial charge in [0, 0.05) is 13.0 Å². The number of hydrogen-bond donors (Lipinski definition) is 3. The van der Waals surface area contributed by atoms with E-state index in [4.69, 9.17) is 10.8 Å². The fraction of sp³-hybridized carbons (Fsp3) is 0.875. The van der Waals surface area contributed by atoms with Crippen LogP contribution in [0.3, 0.4) is 0 Å². The molecule has 0 aromatic carbocycles. The molecule has 0 bridgehead atoms. The van der Waals surface area contributed by atoms with Gasteiger partial charge in [-0.2, -0.15) is 0 Å². The molecule has 0 aliphatic carbocycles. The van der Waals surface area contributed by atoms with Crippen LogP contribution in [0.25, 0.3) is 0 Å². The molecule has 0 heterocycles. The Hall–Kier alpha value is -0.610. The molecule has 0 rings (SSSR count). The number of hydrogen-bond acceptors (Lipinski definition) is 3. The molecule has 4 heteroatoms. The number of carbonyl (C=O) groups excluding carboxylic acids is 1. The predicted molar refractivity (Wildman–Crippen MR) is 47.5 cm³/mol. The minimum absolute atomic E-state index is 0.0474. The molecule has 0 saturated heterocycles. The second-order valence-corrected chi connectivity index (χ2v) is 3.20. The zero-order chi connectivity index (χ0) is 9.56. The zero-order valence-electron chi connectivity index (χ0n) is 7.71. The third kappa shape index (κ3) is 6.12. The number of rotatable bonds is 5. The van der Waals surface area contributed by atoms with Crippen molar-refractivity contribution in [3.05, 3.63) is 0 Å². The van der Waals surface area contributed by atoms with Crippen molar-refractivity contribution in [1.29, 1.82) is 0 Å². The fourth-order valence-corrected chi connectivity index (χ4v) is 0.734. The third-order valence-electron chi connectivity index (χ3n) is 1.53. The van der Waals surface area contributed by atoms with E-state index in [2.05, 4.69) is 5.32 Å². The van der Waals surface area contributed by atoms with Gasteiger partial charge in [0.1, 0.15) is 0 Å². The molecule has 0 aliphatic rings. The Bertz CT molecular complexity index is 137. The van der Waals surface area contributed by atoms with Crippen molar-refractivity contribution in [3.63, 3.8) is 0 Å². The minimum atomic E-state index is -0.484. The molecule has 0 fully saturated rings. The molecule has 4 nitrogen and oxygen atoms in total. The summed E-state index contributed by atoms with van der Waals surface area (Å²) in [5.74, 6) is 0.160. The van der Waals surface area contributed by atoms with E-state index in [0.717, 1.165) is 0 Å². The van der Waals surface area contributed by atoms with Crippen LogP contribution in [0.2, 0.25) is 0 Å². The minimum Gasteiger partial charge on any atom is -0.392 e. The fourth-order valence-electron chi connectivity index (χ4n) is 0.734. The average Bonchev–Trinajstić information content (AvgIpc) is 2.00. The van der Waals surface area contributed by atoms with Gasteiger partial charge in [0.2, 0.25) is 5.91 Å². The summed E-state index contributed by atoms with van der Waals surface area (Å²) < 4.78 is 0. The molecular weight excluding hydrogens is 156 g/mol. The highest BCUT2D eigenvalue weighted by Crippen LogP contribution is 1.97. The standard InChI is InChI=1S/C8H18N2O2/c1-6(4-9)3-8(12)10-5-7(2)11/h6-7,11H,3-5,9H2,1-2H3,(H,10,12). The van der Waals surface area contributed by atoms with Gasteiger partial charge in [-0.05, 0) is 19.4 Å². The van der Waals surface area contributed by atoms with Gasteiger partial charge in [0.15, 0.2) is 0 Å². The summed E-state index contributed by atoms with van der Waals surface area (Å²) in [4.78, 5) is 11.0. The normalized spacial score (nSPS) is 15.3. The highest BCUT2D eigenvalue weighted by atomic mass is 16.3. The van der Waals surface area contributed by atoms with E-state index in [1.54, 1.807) is 6.92 Å². The average molecular weight is 174 g/mol. The van der Waals surface area contributed by atoms with Gasteiger partial charge in [-0.25, -0.2) is 0 Å². The Balaban J connectivity index is 3.46. The van der Waals surface area contributed by atoms with E-state index in [1.165, 1.54) is 0 Å². The molecule has 2 atom stereocenters. The molecular formula is C8H18N2O2. The lowest BCUT2D eigenvalue weighted by atomic mass is 10.1. The maximum absolute atomic E-state index is 11.0. The summed E-state index contributed by atoms with van der Waals surface area (Å²) in [5.41, 5.74) is 5.35. The Kier molecular flexibility index (Phi) is 5.66. The van der Waals surface area contributed by atoms with Crippen molar-refractivity contribution >= 4 is 5.91 Å². The number of nitrogens with one attached hydrogen (secondary N) is 1. The van der Waals surface area contributed by atoms with E-state index in [-0.39, 0.29) is 11.8 Å². The maximum atomic E-state index is 11.0. The molecule has 4 N–H and O–H groups in total. The molecule has 0 aromatic rings. The van der Waals surface area contributed by atoms with Gasteiger partial charge < -0.3 is 16.2 Å². The molecule has 12 heavy (non-hydrogen) atoms. The second-order valence-electron chi connectivity index (χ2n) is 3.20. The first kappa shape index (κ1) is 11.4. The van der Waals surface area contributed by atoms with Crippen molar-refractivity contribution in [2.75, 3.05) is 13.1 Å². The SMILES string of the molecule is CC(O)CNC(=O)CC(C)CN. The Morgan fingerprint density at radius 3 is 2.58 bits per heavy atom. The van der Waals surface area contributed by atoms with Crippen LogP contribution in [0.1, 0.15) is 20.3 Å². The highest BCUT2D eigenvalue weighted by Gasteiger charge is 2.07. The predicted octanol–water partition coefficient (Wildman–Crippen LogP) is -0.532. The summed E-state index contributed by atoms with van der Waals surface area (Å²) >= 11 is 0. The number of carbonyl (C=O) groups is 1. The van der Waals surface area contributed by atoms with Crippen LogP contribution in [0.5, 0.6) is 0 Å². The van der Waals surface area contributed by atoms with Crippen molar-refractivity contribution in [1.82, 2.24) is 5.32 Å². The molecule has 0 saturated carbocycles. The van der Waals surface area contributed by atoms with E-state index in [0.29, 0.717) is 19.5 Å². The van der Waals surface area contributed by atoms with Gasteiger partial charge in [-0.15, -0.1) is 0 Å².